The molecule has 0 aliphatic carbocycles. The predicted octanol–water partition coefficient (Wildman–Crippen LogP) is 3.27. The molecule has 4 rings (SSSR count). The summed E-state index contributed by atoms with van der Waals surface area (Å²) >= 11 is 0. The lowest BCUT2D eigenvalue weighted by atomic mass is 10.0. The van der Waals surface area contributed by atoms with Crippen molar-refractivity contribution < 1.29 is 18.7 Å². The van der Waals surface area contributed by atoms with Gasteiger partial charge in [0.15, 0.2) is 0 Å². The van der Waals surface area contributed by atoms with Crippen LogP contribution in [0.5, 0.6) is 0 Å². The Hall–Kier alpha value is -1.89. The topological polar surface area (TPSA) is 47.0 Å². The summed E-state index contributed by atoms with van der Waals surface area (Å²) in [5, 5.41) is 9.15. The molecule has 1 amide bonds. The maximum atomic E-state index is 13.5. The molecule has 0 saturated carbocycles. The molecule has 27 heavy (non-hydrogen) atoms. The Kier molecular flexibility index (Phi) is 4.74. The van der Waals surface area contributed by atoms with Crippen LogP contribution in [-0.4, -0.2) is 66.2 Å². The summed E-state index contributed by atoms with van der Waals surface area (Å²) in [6.07, 6.45) is -0.968. The number of hydrogen-bond donors (Lipinski definition) is 1. The average molecular weight is 379 g/mol. The molecule has 1 aromatic carbocycles. The molecule has 7 heteroatoms. The molecule has 1 N–H and O–H groups in total. The van der Waals surface area contributed by atoms with Gasteiger partial charge in [0.1, 0.15) is 0 Å². The lowest BCUT2D eigenvalue weighted by molar-refractivity contribution is -0.0220. The first-order valence-corrected chi connectivity index (χ1v) is 9.74. The third-order valence-electron chi connectivity index (χ3n) is 6.48. The third kappa shape index (κ3) is 3.74. The summed E-state index contributed by atoms with van der Waals surface area (Å²) in [5.74, 6) is -1.68. The molecule has 0 radical (unpaired) electrons. The number of amides is 1. The first kappa shape index (κ1) is 18.5. The first-order valence-electron chi connectivity index (χ1n) is 9.74. The first-order chi connectivity index (χ1) is 12.8. The Morgan fingerprint density at radius 1 is 1.15 bits per heavy atom. The summed E-state index contributed by atoms with van der Waals surface area (Å²) < 4.78 is 26.9. The van der Waals surface area contributed by atoms with Gasteiger partial charge in [0.05, 0.1) is 0 Å². The van der Waals surface area contributed by atoms with Crippen LogP contribution in [0.2, 0.25) is 0 Å². The van der Waals surface area contributed by atoms with Gasteiger partial charge in [-0.1, -0.05) is 12.1 Å². The van der Waals surface area contributed by atoms with Gasteiger partial charge in [0, 0.05) is 64.3 Å². The van der Waals surface area contributed by atoms with Crippen LogP contribution in [0.25, 0.3) is 0 Å². The van der Waals surface area contributed by atoms with E-state index in [-0.39, 0.29) is 12.8 Å². The summed E-state index contributed by atoms with van der Waals surface area (Å²) in [6.45, 7) is 6.84. The summed E-state index contributed by atoms with van der Waals surface area (Å²) in [4.78, 5) is 17.2. The number of halogens is 2. The normalized spacial score (nSPS) is 27.8. The second kappa shape index (κ2) is 6.93. The minimum atomic E-state index is -2.53. The number of carbonyl (C=O) groups is 1. The number of hydrogen-bond acceptors (Lipinski definition) is 3. The highest BCUT2D eigenvalue weighted by Crippen LogP contribution is 2.35. The van der Waals surface area contributed by atoms with Gasteiger partial charge in [-0.3, -0.25) is 4.90 Å². The smallest absolute Gasteiger partial charge is 0.407 e. The van der Waals surface area contributed by atoms with E-state index in [2.05, 4.69) is 22.8 Å². The number of piperidine rings is 1. The molecule has 2 unspecified atom stereocenters. The van der Waals surface area contributed by atoms with Crippen molar-refractivity contribution in [2.24, 2.45) is 11.8 Å². The standard InChI is InChI=1S/C20H27F2N3O2/c1-14-15(3-2-4-18(14)24-7-5-20(21,22)6-8-24)9-23-10-16-12-25(19(26)27)13-17(16)11-23/h2-4,16-17H,5-13H2,1H3,(H,26,27). The van der Waals surface area contributed by atoms with Crippen molar-refractivity contribution in [3.8, 4) is 0 Å². The van der Waals surface area contributed by atoms with Crippen molar-refractivity contribution in [3.63, 3.8) is 0 Å². The fraction of sp³-hybridized carbons (Fsp3) is 0.650. The highest BCUT2D eigenvalue weighted by Gasteiger charge is 2.41. The summed E-state index contributed by atoms with van der Waals surface area (Å²) in [7, 11) is 0. The highest BCUT2D eigenvalue weighted by atomic mass is 19.3. The van der Waals surface area contributed by atoms with E-state index >= 15 is 0 Å². The number of benzene rings is 1. The fourth-order valence-corrected chi connectivity index (χ4v) is 4.88. The molecule has 1 aromatic rings. The number of alkyl halides is 2. The number of fused-ring (bicyclic) bond motifs is 1. The minimum absolute atomic E-state index is 0.0772. The molecule has 3 aliphatic rings. The lowest BCUT2D eigenvalue weighted by Gasteiger charge is -2.35. The average Bonchev–Trinajstić information content (AvgIpc) is 3.16. The van der Waals surface area contributed by atoms with Crippen LogP contribution in [0.15, 0.2) is 18.2 Å². The second-order valence-corrected chi connectivity index (χ2v) is 8.31. The number of rotatable bonds is 3. The third-order valence-corrected chi connectivity index (χ3v) is 6.48. The van der Waals surface area contributed by atoms with E-state index in [0.717, 1.165) is 25.3 Å². The highest BCUT2D eigenvalue weighted by molar-refractivity contribution is 5.65. The zero-order valence-electron chi connectivity index (χ0n) is 15.7. The Morgan fingerprint density at radius 3 is 2.37 bits per heavy atom. The Balaban J connectivity index is 1.40. The van der Waals surface area contributed by atoms with E-state index in [9.17, 15) is 13.6 Å². The molecule has 3 aliphatic heterocycles. The quantitative estimate of drug-likeness (QED) is 0.876. The number of likely N-dealkylation sites (tertiary alicyclic amines) is 2. The number of carboxylic acid groups (broad SMARTS) is 1. The van der Waals surface area contributed by atoms with E-state index < -0.39 is 12.0 Å². The van der Waals surface area contributed by atoms with E-state index in [1.165, 1.54) is 16.0 Å². The van der Waals surface area contributed by atoms with Crippen LogP contribution in [0.4, 0.5) is 19.3 Å². The summed E-state index contributed by atoms with van der Waals surface area (Å²) in [6, 6.07) is 6.17. The molecular formula is C20H27F2N3O2. The molecule has 0 bridgehead atoms. The van der Waals surface area contributed by atoms with Gasteiger partial charge in [-0.05, 0) is 36.0 Å². The van der Waals surface area contributed by atoms with Gasteiger partial charge in [-0.25, -0.2) is 13.6 Å². The lowest BCUT2D eigenvalue weighted by Crippen LogP contribution is -2.39. The summed E-state index contributed by atoms with van der Waals surface area (Å²) in [5.41, 5.74) is 3.48. The van der Waals surface area contributed by atoms with Crippen LogP contribution >= 0.6 is 0 Å². The van der Waals surface area contributed by atoms with Crippen LogP contribution in [0.1, 0.15) is 24.0 Å². The SMILES string of the molecule is Cc1c(CN2CC3CN(C(=O)O)CC3C2)cccc1N1CCC(F)(F)CC1. The van der Waals surface area contributed by atoms with E-state index in [1.807, 2.05) is 12.1 Å². The molecule has 3 fully saturated rings. The fourth-order valence-electron chi connectivity index (χ4n) is 4.88. The van der Waals surface area contributed by atoms with Crippen LogP contribution in [0, 0.1) is 18.8 Å². The van der Waals surface area contributed by atoms with E-state index in [1.54, 1.807) is 0 Å². The maximum absolute atomic E-state index is 13.5. The van der Waals surface area contributed by atoms with Crippen LogP contribution in [-0.2, 0) is 6.54 Å². The van der Waals surface area contributed by atoms with Gasteiger partial charge in [0.25, 0.3) is 5.92 Å². The number of nitrogens with zero attached hydrogens (tertiary/aromatic N) is 3. The van der Waals surface area contributed by atoms with Crippen molar-refractivity contribution in [2.75, 3.05) is 44.2 Å². The molecule has 2 atom stereocenters. The largest absolute Gasteiger partial charge is 0.465 e. The zero-order valence-corrected chi connectivity index (χ0v) is 15.7. The second-order valence-electron chi connectivity index (χ2n) is 8.31. The van der Waals surface area contributed by atoms with E-state index in [4.69, 9.17) is 5.11 Å². The van der Waals surface area contributed by atoms with E-state index in [0.29, 0.717) is 38.0 Å². The number of anilines is 1. The van der Waals surface area contributed by atoms with Crippen molar-refractivity contribution >= 4 is 11.8 Å². The molecule has 0 spiro atoms. The molecule has 0 aromatic heterocycles. The Morgan fingerprint density at radius 2 is 1.78 bits per heavy atom. The molecule has 5 nitrogen and oxygen atoms in total. The van der Waals surface area contributed by atoms with Crippen molar-refractivity contribution in [3.05, 3.63) is 29.3 Å². The van der Waals surface area contributed by atoms with Crippen LogP contribution < -0.4 is 4.90 Å². The van der Waals surface area contributed by atoms with Gasteiger partial charge >= 0.3 is 6.09 Å². The van der Waals surface area contributed by atoms with Gasteiger partial charge < -0.3 is 14.9 Å². The van der Waals surface area contributed by atoms with Crippen LogP contribution in [0.3, 0.4) is 0 Å². The zero-order chi connectivity index (χ0) is 19.2. The van der Waals surface area contributed by atoms with Crippen molar-refractivity contribution in [2.45, 2.75) is 32.2 Å². The van der Waals surface area contributed by atoms with Gasteiger partial charge in [0.2, 0.25) is 0 Å². The molecule has 3 heterocycles. The van der Waals surface area contributed by atoms with Crippen molar-refractivity contribution in [1.29, 1.82) is 0 Å². The van der Waals surface area contributed by atoms with Gasteiger partial charge in [-0.2, -0.15) is 0 Å². The molecule has 3 saturated heterocycles. The Labute approximate surface area is 158 Å². The van der Waals surface area contributed by atoms with Crippen molar-refractivity contribution in [1.82, 2.24) is 9.80 Å². The monoisotopic (exact) mass is 379 g/mol. The molecule has 148 valence electrons. The predicted molar refractivity (Wildman–Crippen MR) is 99.4 cm³/mol. The van der Waals surface area contributed by atoms with Gasteiger partial charge in [-0.15, -0.1) is 0 Å². The molecular weight excluding hydrogens is 352 g/mol. The Bertz CT molecular complexity index is 703. The minimum Gasteiger partial charge on any atom is -0.465 e. The maximum Gasteiger partial charge on any atom is 0.407 e.